The summed E-state index contributed by atoms with van der Waals surface area (Å²) in [6.45, 7) is 4.20. The number of benzene rings is 1. The summed E-state index contributed by atoms with van der Waals surface area (Å²) in [5.41, 5.74) is 2.46. The molecule has 3 aromatic rings. The van der Waals surface area contributed by atoms with Crippen LogP contribution in [-0.4, -0.2) is 14.6 Å². The van der Waals surface area contributed by atoms with Crippen molar-refractivity contribution in [3.05, 3.63) is 29.6 Å². The summed E-state index contributed by atoms with van der Waals surface area (Å²) in [7, 11) is 0. The van der Waals surface area contributed by atoms with Crippen LogP contribution in [0, 0.1) is 6.92 Å². The van der Waals surface area contributed by atoms with E-state index >= 15 is 0 Å². The molecule has 2 heterocycles. The summed E-state index contributed by atoms with van der Waals surface area (Å²) in [5, 5.41) is 4.48. The standard InChI is InChI=1S/C11H11N3S/c1-3-9-12-11-14(13-9)8-6-4-5-7(2)10(8)15-11/h4-6H,3H2,1-2H3. The molecule has 0 aliphatic carbocycles. The van der Waals surface area contributed by atoms with Gasteiger partial charge in [-0.2, -0.15) is 5.10 Å². The van der Waals surface area contributed by atoms with Crippen LogP contribution < -0.4 is 0 Å². The topological polar surface area (TPSA) is 30.2 Å². The van der Waals surface area contributed by atoms with Gasteiger partial charge in [-0.25, -0.2) is 9.50 Å². The van der Waals surface area contributed by atoms with Crippen molar-refractivity contribution in [3.63, 3.8) is 0 Å². The molecule has 0 atom stereocenters. The van der Waals surface area contributed by atoms with E-state index in [-0.39, 0.29) is 0 Å². The maximum absolute atomic E-state index is 4.48. The Labute approximate surface area is 91.4 Å². The Morgan fingerprint density at radius 1 is 1.40 bits per heavy atom. The molecule has 0 bridgehead atoms. The number of aryl methyl sites for hydroxylation is 2. The third-order valence-electron chi connectivity index (χ3n) is 2.55. The fourth-order valence-electron chi connectivity index (χ4n) is 1.74. The third-order valence-corrected chi connectivity index (χ3v) is 3.73. The average Bonchev–Trinajstić information content (AvgIpc) is 2.76. The summed E-state index contributed by atoms with van der Waals surface area (Å²) in [6, 6.07) is 6.29. The Kier molecular flexibility index (Phi) is 1.79. The summed E-state index contributed by atoms with van der Waals surface area (Å²) in [6.07, 6.45) is 0.891. The van der Waals surface area contributed by atoms with E-state index in [0.717, 1.165) is 17.2 Å². The highest BCUT2D eigenvalue weighted by Gasteiger charge is 2.10. The van der Waals surface area contributed by atoms with Gasteiger partial charge in [0.2, 0.25) is 4.96 Å². The number of thiazole rings is 1. The Balaban J connectivity index is 2.46. The van der Waals surface area contributed by atoms with Gasteiger partial charge in [-0.3, -0.25) is 0 Å². The van der Waals surface area contributed by atoms with Crippen LogP contribution in [0.15, 0.2) is 18.2 Å². The first-order valence-corrected chi connectivity index (χ1v) is 5.85. The lowest BCUT2D eigenvalue weighted by molar-refractivity contribution is 0.909. The highest BCUT2D eigenvalue weighted by atomic mass is 32.1. The maximum atomic E-state index is 4.48. The molecule has 2 aromatic heterocycles. The zero-order valence-corrected chi connectivity index (χ0v) is 9.51. The van der Waals surface area contributed by atoms with E-state index in [4.69, 9.17) is 0 Å². The highest BCUT2D eigenvalue weighted by molar-refractivity contribution is 7.23. The Hall–Kier alpha value is -1.42. The van der Waals surface area contributed by atoms with Gasteiger partial charge in [-0.05, 0) is 18.6 Å². The minimum absolute atomic E-state index is 0.891. The first kappa shape index (κ1) is 8.85. The van der Waals surface area contributed by atoms with Crippen molar-refractivity contribution in [1.82, 2.24) is 14.6 Å². The predicted octanol–water partition coefficient (Wildman–Crippen LogP) is 2.81. The molecule has 0 saturated heterocycles. The van der Waals surface area contributed by atoms with Crippen LogP contribution in [0.3, 0.4) is 0 Å². The third kappa shape index (κ3) is 1.18. The van der Waals surface area contributed by atoms with Crippen molar-refractivity contribution in [1.29, 1.82) is 0 Å². The van der Waals surface area contributed by atoms with Gasteiger partial charge in [0, 0.05) is 6.42 Å². The Morgan fingerprint density at radius 2 is 2.27 bits per heavy atom. The maximum Gasteiger partial charge on any atom is 0.213 e. The lowest BCUT2D eigenvalue weighted by Gasteiger charge is -1.93. The number of rotatable bonds is 1. The fraction of sp³-hybridized carbons (Fsp3) is 0.273. The van der Waals surface area contributed by atoms with Gasteiger partial charge in [0.05, 0.1) is 10.2 Å². The molecule has 0 aliphatic heterocycles. The molecule has 0 N–H and O–H groups in total. The van der Waals surface area contributed by atoms with E-state index in [0.29, 0.717) is 0 Å². The van der Waals surface area contributed by atoms with Gasteiger partial charge in [0.1, 0.15) is 0 Å². The van der Waals surface area contributed by atoms with Crippen LogP contribution >= 0.6 is 11.3 Å². The number of hydrogen-bond acceptors (Lipinski definition) is 3. The van der Waals surface area contributed by atoms with Crippen LogP contribution in [0.25, 0.3) is 15.2 Å². The van der Waals surface area contributed by atoms with Gasteiger partial charge >= 0.3 is 0 Å². The quantitative estimate of drug-likeness (QED) is 0.627. The van der Waals surface area contributed by atoms with Crippen LogP contribution in [-0.2, 0) is 6.42 Å². The van der Waals surface area contributed by atoms with Crippen molar-refractivity contribution in [2.24, 2.45) is 0 Å². The molecule has 76 valence electrons. The van der Waals surface area contributed by atoms with Crippen molar-refractivity contribution in [3.8, 4) is 0 Å². The molecule has 0 fully saturated rings. The molecule has 0 radical (unpaired) electrons. The van der Waals surface area contributed by atoms with Gasteiger partial charge in [0.25, 0.3) is 0 Å². The lowest BCUT2D eigenvalue weighted by atomic mass is 10.2. The van der Waals surface area contributed by atoms with Crippen molar-refractivity contribution in [2.75, 3.05) is 0 Å². The van der Waals surface area contributed by atoms with Crippen molar-refractivity contribution >= 4 is 26.5 Å². The number of fused-ring (bicyclic) bond motifs is 3. The molecule has 4 heteroatoms. The van der Waals surface area contributed by atoms with Crippen molar-refractivity contribution in [2.45, 2.75) is 20.3 Å². The number of hydrogen-bond donors (Lipinski definition) is 0. The minimum Gasteiger partial charge on any atom is -0.203 e. The molecule has 15 heavy (non-hydrogen) atoms. The van der Waals surface area contributed by atoms with Crippen LogP contribution in [0.4, 0.5) is 0 Å². The molecule has 1 aromatic carbocycles. The van der Waals surface area contributed by atoms with Gasteiger partial charge < -0.3 is 0 Å². The fourth-order valence-corrected chi connectivity index (χ4v) is 2.79. The van der Waals surface area contributed by atoms with E-state index in [2.05, 4.69) is 42.1 Å². The molecule has 0 unspecified atom stereocenters. The predicted molar refractivity (Wildman–Crippen MR) is 62.5 cm³/mol. The lowest BCUT2D eigenvalue weighted by Crippen LogP contribution is -1.87. The molecule has 0 spiro atoms. The first-order valence-electron chi connectivity index (χ1n) is 5.03. The van der Waals surface area contributed by atoms with Gasteiger partial charge in [-0.1, -0.05) is 30.4 Å². The molecule has 0 saturated carbocycles. The summed E-state index contributed by atoms with van der Waals surface area (Å²) in [5.74, 6) is 0.921. The average molecular weight is 217 g/mol. The van der Waals surface area contributed by atoms with E-state index in [1.807, 2.05) is 4.52 Å². The number of aromatic nitrogens is 3. The minimum atomic E-state index is 0.891. The largest absolute Gasteiger partial charge is 0.213 e. The van der Waals surface area contributed by atoms with Crippen molar-refractivity contribution < 1.29 is 0 Å². The second-order valence-corrected chi connectivity index (χ2v) is 4.58. The first-order chi connectivity index (χ1) is 7.29. The zero-order chi connectivity index (χ0) is 10.4. The summed E-state index contributed by atoms with van der Waals surface area (Å²) >= 11 is 1.71. The molecule has 0 amide bonds. The van der Waals surface area contributed by atoms with Crippen LogP contribution in [0.1, 0.15) is 18.3 Å². The molecule has 3 nitrogen and oxygen atoms in total. The molecular formula is C11H11N3S. The summed E-state index contributed by atoms with van der Waals surface area (Å²) in [4.78, 5) is 5.48. The Bertz CT molecular complexity index is 636. The van der Waals surface area contributed by atoms with Gasteiger partial charge in [-0.15, -0.1) is 0 Å². The van der Waals surface area contributed by atoms with E-state index in [1.165, 1.54) is 15.8 Å². The number of nitrogens with zero attached hydrogens (tertiary/aromatic N) is 3. The molecule has 0 aliphatic rings. The molecular weight excluding hydrogens is 206 g/mol. The SMILES string of the molecule is CCc1nc2sc3c(C)cccc3n2n1. The highest BCUT2D eigenvalue weighted by Crippen LogP contribution is 2.27. The van der Waals surface area contributed by atoms with E-state index in [1.54, 1.807) is 11.3 Å². The second-order valence-electron chi connectivity index (χ2n) is 3.60. The van der Waals surface area contributed by atoms with E-state index in [9.17, 15) is 0 Å². The Morgan fingerprint density at radius 3 is 3.07 bits per heavy atom. The smallest absolute Gasteiger partial charge is 0.203 e. The summed E-state index contributed by atoms with van der Waals surface area (Å²) < 4.78 is 3.24. The van der Waals surface area contributed by atoms with E-state index < -0.39 is 0 Å². The second kappa shape index (κ2) is 3.03. The van der Waals surface area contributed by atoms with Crippen LogP contribution in [0.2, 0.25) is 0 Å². The monoisotopic (exact) mass is 217 g/mol. The zero-order valence-electron chi connectivity index (χ0n) is 8.69. The van der Waals surface area contributed by atoms with Crippen LogP contribution in [0.5, 0.6) is 0 Å². The normalized spacial score (nSPS) is 11.6. The molecule has 3 rings (SSSR count). The van der Waals surface area contributed by atoms with Gasteiger partial charge in [0.15, 0.2) is 5.82 Å².